The van der Waals surface area contributed by atoms with Gasteiger partial charge in [0.25, 0.3) is 5.91 Å². The standard InChI is InChI=1S/C25H24N6O4/c1-16-27-20(14-26)22(35-16)30-12-10-29(11-13-30)21(32)15-31-23(33)25(2,28-24(31)34)19-9-5-7-17-6-3-4-8-18(17)19/h3-9H,10-13,15H2,1-2H3,(H,28,34). The molecule has 10 nitrogen and oxygen atoms in total. The summed E-state index contributed by atoms with van der Waals surface area (Å²) in [5, 5.41) is 13.9. The third kappa shape index (κ3) is 3.75. The summed E-state index contributed by atoms with van der Waals surface area (Å²) in [7, 11) is 0. The highest BCUT2D eigenvalue weighted by Crippen LogP contribution is 2.34. The number of imide groups is 1. The minimum absolute atomic E-state index is 0.217. The number of amides is 4. The predicted octanol–water partition coefficient (Wildman–Crippen LogP) is 2.12. The Morgan fingerprint density at radius 2 is 1.86 bits per heavy atom. The predicted molar refractivity (Wildman–Crippen MR) is 126 cm³/mol. The lowest BCUT2D eigenvalue weighted by molar-refractivity contribution is -0.139. The Kier molecular flexibility index (Phi) is 5.40. The molecule has 1 N–H and O–H groups in total. The number of piperazine rings is 1. The number of nitriles is 1. The van der Waals surface area contributed by atoms with E-state index in [1.165, 1.54) is 0 Å². The molecule has 2 aromatic carbocycles. The first kappa shape index (κ1) is 22.4. The summed E-state index contributed by atoms with van der Waals surface area (Å²) in [6.45, 7) is 4.64. The van der Waals surface area contributed by atoms with Crippen molar-refractivity contribution in [2.45, 2.75) is 19.4 Å². The van der Waals surface area contributed by atoms with Crippen LogP contribution in [0.2, 0.25) is 0 Å². The van der Waals surface area contributed by atoms with E-state index in [1.807, 2.05) is 53.4 Å². The molecule has 0 bridgehead atoms. The Morgan fingerprint density at radius 3 is 2.60 bits per heavy atom. The van der Waals surface area contributed by atoms with Crippen LogP contribution in [-0.4, -0.2) is 65.4 Å². The van der Waals surface area contributed by atoms with Crippen molar-refractivity contribution in [1.29, 1.82) is 5.26 Å². The topological polar surface area (TPSA) is 123 Å². The van der Waals surface area contributed by atoms with Gasteiger partial charge in [0.05, 0.1) is 0 Å². The van der Waals surface area contributed by atoms with Gasteiger partial charge in [0.1, 0.15) is 18.2 Å². The first-order chi connectivity index (χ1) is 16.8. The number of hydrogen-bond acceptors (Lipinski definition) is 7. The molecule has 0 spiro atoms. The van der Waals surface area contributed by atoms with Crippen molar-refractivity contribution in [3.8, 4) is 6.07 Å². The average Bonchev–Trinajstić information content (AvgIpc) is 3.36. The quantitative estimate of drug-likeness (QED) is 0.577. The van der Waals surface area contributed by atoms with Gasteiger partial charge < -0.3 is 19.5 Å². The molecule has 2 saturated heterocycles. The van der Waals surface area contributed by atoms with Crippen LogP contribution in [0.4, 0.5) is 10.7 Å². The first-order valence-electron chi connectivity index (χ1n) is 11.3. The van der Waals surface area contributed by atoms with Gasteiger partial charge in [-0.2, -0.15) is 5.26 Å². The number of rotatable bonds is 4. The van der Waals surface area contributed by atoms with Crippen molar-refractivity contribution < 1.29 is 18.8 Å². The van der Waals surface area contributed by atoms with Crippen LogP contribution in [0.15, 0.2) is 46.9 Å². The number of anilines is 1. The lowest BCUT2D eigenvalue weighted by atomic mass is 9.88. The van der Waals surface area contributed by atoms with Crippen LogP contribution in [0.1, 0.15) is 24.1 Å². The number of nitrogens with one attached hydrogen (secondary N) is 1. The molecule has 2 aliphatic rings. The molecule has 2 aliphatic heterocycles. The maximum absolute atomic E-state index is 13.4. The summed E-state index contributed by atoms with van der Waals surface area (Å²) in [4.78, 5) is 47.8. The Bertz CT molecular complexity index is 1380. The Balaban J connectivity index is 1.29. The molecular formula is C25H24N6O4. The number of fused-ring (bicyclic) bond motifs is 1. The van der Waals surface area contributed by atoms with Gasteiger partial charge in [0.2, 0.25) is 17.5 Å². The second-order valence-corrected chi connectivity index (χ2v) is 8.84. The highest BCUT2D eigenvalue weighted by molar-refractivity contribution is 6.10. The lowest BCUT2D eigenvalue weighted by Gasteiger charge is -2.35. The minimum Gasteiger partial charge on any atom is -0.424 e. The third-order valence-corrected chi connectivity index (χ3v) is 6.64. The van der Waals surface area contributed by atoms with E-state index in [0.717, 1.165) is 15.7 Å². The summed E-state index contributed by atoms with van der Waals surface area (Å²) in [5.74, 6) is 0.0334. The molecular weight excluding hydrogens is 448 g/mol. The fourth-order valence-electron chi connectivity index (χ4n) is 4.78. The molecule has 35 heavy (non-hydrogen) atoms. The zero-order valence-electron chi connectivity index (χ0n) is 19.4. The Morgan fingerprint density at radius 1 is 1.14 bits per heavy atom. The van der Waals surface area contributed by atoms with E-state index < -0.39 is 17.5 Å². The summed E-state index contributed by atoms with van der Waals surface area (Å²) >= 11 is 0. The molecule has 4 amide bonds. The molecule has 0 saturated carbocycles. The maximum Gasteiger partial charge on any atom is 0.325 e. The van der Waals surface area contributed by atoms with E-state index in [-0.39, 0.29) is 18.1 Å². The van der Waals surface area contributed by atoms with E-state index in [2.05, 4.69) is 10.3 Å². The number of nitrogens with zero attached hydrogens (tertiary/aromatic N) is 5. The van der Waals surface area contributed by atoms with Gasteiger partial charge in [-0.05, 0) is 23.3 Å². The normalized spacial score (nSPS) is 20.3. The molecule has 1 unspecified atom stereocenters. The second-order valence-electron chi connectivity index (χ2n) is 8.84. The minimum atomic E-state index is -1.27. The SMILES string of the molecule is Cc1nc(C#N)c(N2CCN(C(=O)CN3C(=O)NC(C)(c4cccc5ccccc45)C3=O)CC2)o1. The van der Waals surface area contributed by atoms with Crippen molar-refractivity contribution in [3.63, 3.8) is 0 Å². The largest absolute Gasteiger partial charge is 0.424 e. The van der Waals surface area contributed by atoms with E-state index in [4.69, 9.17) is 4.42 Å². The van der Waals surface area contributed by atoms with Crippen LogP contribution >= 0.6 is 0 Å². The number of aryl methyl sites for hydroxylation is 1. The smallest absolute Gasteiger partial charge is 0.325 e. The van der Waals surface area contributed by atoms with Crippen LogP contribution in [0.5, 0.6) is 0 Å². The molecule has 3 heterocycles. The van der Waals surface area contributed by atoms with Crippen LogP contribution in [0.25, 0.3) is 10.8 Å². The van der Waals surface area contributed by atoms with E-state index in [0.29, 0.717) is 43.5 Å². The number of aromatic nitrogens is 1. The summed E-state index contributed by atoms with van der Waals surface area (Å²) in [5.41, 5.74) is -0.364. The number of oxazole rings is 1. The van der Waals surface area contributed by atoms with Gasteiger partial charge in [-0.3, -0.25) is 14.5 Å². The summed E-state index contributed by atoms with van der Waals surface area (Å²) in [6.07, 6.45) is 0. The second kappa shape index (κ2) is 8.43. The fourth-order valence-corrected chi connectivity index (χ4v) is 4.78. The van der Waals surface area contributed by atoms with E-state index in [1.54, 1.807) is 18.7 Å². The highest BCUT2D eigenvalue weighted by atomic mass is 16.4. The molecule has 178 valence electrons. The van der Waals surface area contributed by atoms with E-state index in [9.17, 15) is 19.6 Å². The van der Waals surface area contributed by atoms with Crippen molar-refractivity contribution in [3.05, 3.63) is 59.6 Å². The van der Waals surface area contributed by atoms with Gasteiger partial charge in [0, 0.05) is 33.1 Å². The summed E-state index contributed by atoms with van der Waals surface area (Å²) < 4.78 is 5.55. The molecule has 5 rings (SSSR count). The zero-order valence-corrected chi connectivity index (χ0v) is 19.4. The van der Waals surface area contributed by atoms with Gasteiger partial charge in [-0.1, -0.05) is 42.5 Å². The summed E-state index contributed by atoms with van der Waals surface area (Å²) in [6, 6.07) is 14.7. The van der Waals surface area contributed by atoms with Crippen molar-refractivity contribution >= 4 is 34.5 Å². The van der Waals surface area contributed by atoms with Crippen LogP contribution in [0.3, 0.4) is 0 Å². The maximum atomic E-state index is 13.4. The molecule has 0 aliphatic carbocycles. The molecule has 0 radical (unpaired) electrons. The monoisotopic (exact) mass is 472 g/mol. The Hall–Kier alpha value is -4.39. The number of urea groups is 1. The lowest BCUT2D eigenvalue weighted by Crippen LogP contribution is -2.52. The van der Waals surface area contributed by atoms with Crippen molar-refractivity contribution in [2.24, 2.45) is 0 Å². The van der Waals surface area contributed by atoms with Crippen LogP contribution < -0.4 is 10.2 Å². The fraction of sp³-hybridized carbons (Fsp3) is 0.320. The first-order valence-corrected chi connectivity index (χ1v) is 11.3. The van der Waals surface area contributed by atoms with Crippen molar-refractivity contribution in [1.82, 2.24) is 20.1 Å². The van der Waals surface area contributed by atoms with Crippen LogP contribution in [0, 0.1) is 18.3 Å². The van der Waals surface area contributed by atoms with Gasteiger partial charge in [-0.15, -0.1) is 0 Å². The molecule has 2 fully saturated rings. The van der Waals surface area contributed by atoms with Crippen molar-refractivity contribution in [2.75, 3.05) is 37.6 Å². The van der Waals surface area contributed by atoms with E-state index >= 15 is 0 Å². The average molecular weight is 473 g/mol. The number of carbonyl (C=O) groups is 3. The number of hydrogen-bond donors (Lipinski definition) is 1. The van der Waals surface area contributed by atoms with Crippen LogP contribution in [-0.2, 0) is 15.1 Å². The number of carbonyl (C=O) groups excluding carboxylic acids is 3. The number of benzene rings is 2. The van der Waals surface area contributed by atoms with Gasteiger partial charge >= 0.3 is 6.03 Å². The molecule has 10 heteroatoms. The van der Waals surface area contributed by atoms with Gasteiger partial charge in [0.15, 0.2) is 5.89 Å². The molecule has 1 aromatic heterocycles. The van der Waals surface area contributed by atoms with Gasteiger partial charge in [-0.25, -0.2) is 9.78 Å². The highest BCUT2D eigenvalue weighted by Gasteiger charge is 2.50. The molecule has 3 aromatic rings. The molecule has 1 atom stereocenters. The Labute approximate surface area is 201 Å². The third-order valence-electron chi connectivity index (χ3n) is 6.64. The zero-order chi connectivity index (χ0) is 24.7.